The van der Waals surface area contributed by atoms with Crippen molar-refractivity contribution in [1.29, 1.82) is 0 Å². The Balaban J connectivity index is 1.45. The molecule has 0 saturated heterocycles. The van der Waals surface area contributed by atoms with Gasteiger partial charge in [0.25, 0.3) is 5.91 Å². The fraction of sp³-hybridized carbons (Fsp3) is 0.200. The van der Waals surface area contributed by atoms with Crippen LogP contribution in [0.4, 0.5) is 5.69 Å². The fourth-order valence-electron chi connectivity index (χ4n) is 3.00. The summed E-state index contributed by atoms with van der Waals surface area (Å²) in [7, 11) is 0. The van der Waals surface area contributed by atoms with Gasteiger partial charge in [-0.2, -0.15) is 0 Å². The number of esters is 1. The summed E-state index contributed by atoms with van der Waals surface area (Å²) >= 11 is 11.9. The molecule has 0 radical (unpaired) electrons. The van der Waals surface area contributed by atoms with Crippen LogP contribution < -0.4 is 14.8 Å². The second-order valence-electron chi connectivity index (χ2n) is 7.30. The van der Waals surface area contributed by atoms with Crippen LogP contribution in [0.15, 0.2) is 60.7 Å². The molecule has 166 valence electrons. The minimum absolute atomic E-state index is 0.181. The van der Waals surface area contributed by atoms with Crippen LogP contribution in [0.2, 0.25) is 10.0 Å². The number of carbonyl (C=O) groups is 2. The Hall–Kier alpha value is -3.02. The van der Waals surface area contributed by atoms with Gasteiger partial charge in [0.15, 0.2) is 0 Å². The maximum atomic E-state index is 12.5. The predicted molar refractivity (Wildman–Crippen MR) is 127 cm³/mol. The Bertz CT molecular complexity index is 1110. The smallest absolute Gasteiger partial charge is 0.311 e. The van der Waals surface area contributed by atoms with Crippen molar-refractivity contribution in [3.8, 4) is 11.5 Å². The van der Waals surface area contributed by atoms with Crippen molar-refractivity contribution in [3.63, 3.8) is 0 Å². The first kappa shape index (κ1) is 23.6. The standard InChI is InChI=1S/C25H23Cl2NO4/c1-16-5-11-22(17(2)14-16)28-25(30)18-6-9-20(10-7-18)32-24(29)4-3-13-31-23-12-8-19(26)15-21(23)27/h5-12,14-15H,3-4,13H2,1-2H3,(H,28,30). The number of anilines is 1. The molecule has 0 fully saturated rings. The summed E-state index contributed by atoms with van der Waals surface area (Å²) in [5.74, 6) is 0.273. The highest BCUT2D eigenvalue weighted by atomic mass is 35.5. The number of amides is 1. The molecule has 3 aromatic carbocycles. The number of benzene rings is 3. The number of halogens is 2. The lowest BCUT2D eigenvalue weighted by atomic mass is 10.1. The molecule has 0 bridgehead atoms. The van der Waals surface area contributed by atoms with E-state index in [0.717, 1.165) is 16.8 Å². The Morgan fingerprint density at radius 2 is 1.69 bits per heavy atom. The molecule has 0 aliphatic heterocycles. The van der Waals surface area contributed by atoms with E-state index in [1.165, 1.54) is 0 Å². The summed E-state index contributed by atoms with van der Waals surface area (Å²) in [4.78, 5) is 24.5. The Labute approximate surface area is 197 Å². The Morgan fingerprint density at radius 1 is 0.938 bits per heavy atom. The number of hydrogen-bond acceptors (Lipinski definition) is 4. The van der Waals surface area contributed by atoms with Gasteiger partial charge in [-0.15, -0.1) is 0 Å². The van der Waals surface area contributed by atoms with E-state index >= 15 is 0 Å². The van der Waals surface area contributed by atoms with Crippen LogP contribution in [0, 0.1) is 13.8 Å². The third-order valence-electron chi connectivity index (χ3n) is 4.66. The highest BCUT2D eigenvalue weighted by molar-refractivity contribution is 6.35. The number of carbonyl (C=O) groups excluding carboxylic acids is 2. The largest absolute Gasteiger partial charge is 0.492 e. The van der Waals surface area contributed by atoms with Gasteiger partial charge in [-0.1, -0.05) is 40.9 Å². The summed E-state index contributed by atoms with van der Waals surface area (Å²) in [5.41, 5.74) is 3.36. The molecular formula is C25H23Cl2NO4. The molecule has 7 heteroatoms. The summed E-state index contributed by atoms with van der Waals surface area (Å²) in [6.45, 7) is 4.26. The van der Waals surface area contributed by atoms with E-state index in [4.69, 9.17) is 32.7 Å². The van der Waals surface area contributed by atoms with Crippen LogP contribution in [-0.2, 0) is 4.79 Å². The van der Waals surface area contributed by atoms with Gasteiger partial charge in [0.2, 0.25) is 0 Å². The normalized spacial score (nSPS) is 10.5. The van der Waals surface area contributed by atoms with Gasteiger partial charge >= 0.3 is 5.97 Å². The molecule has 3 rings (SSSR count). The Kier molecular flexibility index (Phi) is 8.14. The molecular weight excluding hydrogens is 449 g/mol. The van der Waals surface area contributed by atoms with Crippen LogP contribution in [0.5, 0.6) is 11.5 Å². The molecule has 0 heterocycles. The molecule has 1 amide bonds. The summed E-state index contributed by atoms with van der Waals surface area (Å²) < 4.78 is 10.9. The number of nitrogens with one attached hydrogen (secondary N) is 1. The minimum Gasteiger partial charge on any atom is -0.492 e. The van der Waals surface area contributed by atoms with Crippen LogP contribution in [0.25, 0.3) is 0 Å². The lowest BCUT2D eigenvalue weighted by Crippen LogP contribution is -2.13. The zero-order chi connectivity index (χ0) is 23.1. The van der Waals surface area contributed by atoms with E-state index in [9.17, 15) is 9.59 Å². The highest BCUT2D eigenvalue weighted by Gasteiger charge is 2.10. The molecule has 1 N–H and O–H groups in total. The maximum Gasteiger partial charge on any atom is 0.311 e. The molecule has 0 saturated carbocycles. The van der Waals surface area contributed by atoms with Gasteiger partial charge in [0, 0.05) is 22.7 Å². The monoisotopic (exact) mass is 471 g/mol. The number of aryl methyl sites for hydroxylation is 2. The molecule has 3 aromatic rings. The second-order valence-corrected chi connectivity index (χ2v) is 8.14. The first-order valence-electron chi connectivity index (χ1n) is 10.1. The molecule has 0 atom stereocenters. The van der Waals surface area contributed by atoms with Crippen molar-refractivity contribution < 1.29 is 19.1 Å². The van der Waals surface area contributed by atoms with Crippen LogP contribution >= 0.6 is 23.2 Å². The average molecular weight is 472 g/mol. The van der Waals surface area contributed by atoms with Crippen LogP contribution in [0.1, 0.15) is 34.3 Å². The SMILES string of the molecule is Cc1ccc(NC(=O)c2ccc(OC(=O)CCCOc3ccc(Cl)cc3Cl)cc2)c(C)c1. The first-order valence-corrected chi connectivity index (χ1v) is 10.8. The van der Waals surface area contributed by atoms with Gasteiger partial charge in [0.1, 0.15) is 11.5 Å². The minimum atomic E-state index is -0.386. The highest BCUT2D eigenvalue weighted by Crippen LogP contribution is 2.27. The molecule has 0 unspecified atom stereocenters. The molecule has 0 aliphatic rings. The summed E-state index contributed by atoms with van der Waals surface area (Å²) in [6.07, 6.45) is 0.647. The van der Waals surface area contributed by atoms with Crippen molar-refractivity contribution in [2.45, 2.75) is 26.7 Å². The van der Waals surface area contributed by atoms with Crippen molar-refractivity contribution in [2.75, 3.05) is 11.9 Å². The zero-order valence-electron chi connectivity index (χ0n) is 17.8. The third-order valence-corrected chi connectivity index (χ3v) is 5.19. The molecule has 32 heavy (non-hydrogen) atoms. The van der Waals surface area contributed by atoms with Gasteiger partial charge in [0.05, 0.1) is 11.6 Å². The zero-order valence-corrected chi connectivity index (χ0v) is 19.3. The number of rotatable bonds is 8. The molecule has 5 nitrogen and oxygen atoms in total. The quantitative estimate of drug-likeness (QED) is 0.227. The molecule has 0 aliphatic carbocycles. The van der Waals surface area contributed by atoms with Crippen LogP contribution in [-0.4, -0.2) is 18.5 Å². The first-order chi connectivity index (χ1) is 15.3. The summed E-state index contributed by atoms with van der Waals surface area (Å²) in [6, 6.07) is 17.2. The maximum absolute atomic E-state index is 12.5. The van der Waals surface area contributed by atoms with Crippen molar-refractivity contribution in [1.82, 2.24) is 0 Å². The van der Waals surface area contributed by atoms with Gasteiger partial charge < -0.3 is 14.8 Å². The van der Waals surface area contributed by atoms with Gasteiger partial charge in [-0.25, -0.2) is 0 Å². The third kappa shape index (κ3) is 6.74. The summed E-state index contributed by atoms with van der Waals surface area (Å²) in [5, 5.41) is 3.84. The molecule has 0 spiro atoms. The number of ether oxygens (including phenoxy) is 2. The van der Waals surface area contributed by atoms with Gasteiger partial charge in [-0.3, -0.25) is 9.59 Å². The van der Waals surface area contributed by atoms with Crippen molar-refractivity contribution >= 4 is 40.8 Å². The van der Waals surface area contributed by atoms with Crippen molar-refractivity contribution in [2.24, 2.45) is 0 Å². The van der Waals surface area contributed by atoms with Crippen molar-refractivity contribution in [3.05, 3.63) is 87.4 Å². The average Bonchev–Trinajstić information content (AvgIpc) is 2.75. The van der Waals surface area contributed by atoms with E-state index in [-0.39, 0.29) is 18.3 Å². The lowest BCUT2D eigenvalue weighted by Gasteiger charge is -2.10. The van der Waals surface area contributed by atoms with E-state index in [1.807, 2.05) is 32.0 Å². The van der Waals surface area contributed by atoms with Gasteiger partial charge in [-0.05, 0) is 74.4 Å². The van der Waals surface area contributed by atoms with Crippen LogP contribution in [0.3, 0.4) is 0 Å². The lowest BCUT2D eigenvalue weighted by molar-refractivity contribution is -0.134. The fourth-order valence-corrected chi connectivity index (χ4v) is 3.46. The topological polar surface area (TPSA) is 64.6 Å². The molecule has 0 aromatic heterocycles. The van der Waals surface area contributed by atoms with E-state index in [1.54, 1.807) is 42.5 Å². The van der Waals surface area contributed by atoms with E-state index in [2.05, 4.69) is 5.32 Å². The van der Waals surface area contributed by atoms with E-state index < -0.39 is 0 Å². The second kappa shape index (κ2) is 11.0. The number of hydrogen-bond donors (Lipinski definition) is 1. The Morgan fingerprint density at radius 3 is 2.38 bits per heavy atom. The van der Waals surface area contributed by atoms with E-state index in [0.29, 0.717) is 40.1 Å². The predicted octanol–water partition coefficient (Wildman–Crippen LogP) is 6.63.